The number of aromatic nitrogens is 2. The lowest BCUT2D eigenvalue weighted by atomic mass is 10.1. The van der Waals surface area contributed by atoms with Gasteiger partial charge in [-0.2, -0.15) is 10.2 Å². The van der Waals surface area contributed by atoms with E-state index in [1.54, 1.807) is 12.1 Å². The zero-order valence-corrected chi connectivity index (χ0v) is 10.2. The molecule has 2 aromatic rings. The highest BCUT2D eigenvalue weighted by Crippen LogP contribution is 2.18. The van der Waals surface area contributed by atoms with E-state index in [0.717, 1.165) is 16.8 Å². The zero-order chi connectivity index (χ0) is 11.5. The third-order valence-electron chi connectivity index (χ3n) is 2.40. The van der Waals surface area contributed by atoms with E-state index in [2.05, 4.69) is 10.2 Å². The van der Waals surface area contributed by atoms with E-state index >= 15 is 0 Å². The van der Waals surface area contributed by atoms with Crippen molar-refractivity contribution in [2.24, 2.45) is 5.73 Å². The largest absolute Gasteiger partial charge is 0.325 e. The van der Waals surface area contributed by atoms with Gasteiger partial charge in [0, 0.05) is 12.1 Å². The first-order valence-electron chi connectivity index (χ1n) is 5.00. The molecule has 0 aliphatic rings. The van der Waals surface area contributed by atoms with Crippen molar-refractivity contribution in [3.05, 3.63) is 47.4 Å². The van der Waals surface area contributed by atoms with Crippen molar-refractivity contribution in [2.75, 3.05) is 0 Å². The summed E-state index contributed by atoms with van der Waals surface area (Å²) in [7, 11) is 0. The molecule has 0 spiro atoms. The molecule has 0 aliphatic carbocycles. The number of halogens is 2. The van der Waals surface area contributed by atoms with Crippen LogP contribution >= 0.6 is 12.4 Å². The second-order valence-corrected chi connectivity index (χ2v) is 3.57. The van der Waals surface area contributed by atoms with Gasteiger partial charge in [-0.25, -0.2) is 4.39 Å². The van der Waals surface area contributed by atoms with Crippen molar-refractivity contribution in [3.63, 3.8) is 0 Å². The monoisotopic (exact) mass is 253 g/mol. The Balaban J connectivity index is 0.00000144. The van der Waals surface area contributed by atoms with Crippen LogP contribution in [0.5, 0.6) is 0 Å². The lowest BCUT2D eigenvalue weighted by Crippen LogP contribution is -2.04. The van der Waals surface area contributed by atoms with Crippen LogP contribution in [0.1, 0.15) is 11.3 Å². The van der Waals surface area contributed by atoms with Crippen LogP contribution < -0.4 is 5.73 Å². The Hall–Kier alpha value is -1.52. The smallest absolute Gasteiger partial charge is 0.123 e. The van der Waals surface area contributed by atoms with E-state index in [4.69, 9.17) is 5.73 Å². The first-order chi connectivity index (χ1) is 7.70. The molecule has 0 aliphatic heterocycles. The Kier molecular flexibility index (Phi) is 4.54. The number of nitrogens with two attached hydrogens (primary N) is 1. The average Bonchev–Trinajstić information content (AvgIpc) is 2.29. The molecule has 17 heavy (non-hydrogen) atoms. The number of hydrogen-bond acceptors (Lipinski definition) is 3. The van der Waals surface area contributed by atoms with Crippen LogP contribution in [0, 0.1) is 12.7 Å². The molecule has 0 bridgehead atoms. The highest BCUT2D eigenvalue weighted by atomic mass is 35.5. The van der Waals surface area contributed by atoms with Crippen LogP contribution in [0.3, 0.4) is 0 Å². The molecule has 1 heterocycles. The van der Waals surface area contributed by atoms with Gasteiger partial charge in [-0.1, -0.05) is 12.1 Å². The van der Waals surface area contributed by atoms with Gasteiger partial charge in [0.15, 0.2) is 0 Å². The fraction of sp³-hybridized carbons (Fsp3) is 0.167. The molecule has 0 saturated heterocycles. The van der Waals surface area contributed by atoms with Crippen molar-refractivity contribution >= 4 is 12.4 Å². The highest BCUT2D eigenvalue weighted by Gasteiger charge is 2.04. The first kappa shape index (κ1) is 13.5. The molecule has 90 valence electrons. The molecule has 1 aromatic carbocycles. The Morgan fingerprint density at radius 1 is 1.24 bits per heavy atom. The Morgan fingerprint density at radius 2 is 2.00 bits per heavy atom. The molecule has 5 heteroatoms. The van der Waals surface area contributed by atoms with E-state index in [-0.39, 0.29) is 18.2 Å². The number of nitrogens with zero attached hydrogens (tertiary/aromatic N) is 2. The second-order valence-electron chi connectivity index (χ2n) is 3.57. The maximum absolute atomic E-state index is 13.0. The van der Waals surface area contributed by atoms with Gasteiger partial charge in [-0.3, -0.25) is 0 Å². The Morgan fingerprint density at radius 3 is 2.59 bits per heavy atom. The third-order valence-corrected chi connectivity index (χ3v) is 2.40. The molecule has 0 saturated carbocycles. The average molecular weight is 254 g/mol. The minimum Gasteiger partial charge on any atom is -0.325 e. The number of hydrogen-bond donors (Lipinski definition) is 1. The normalized spacial score (nSPS) is 9.82. The highest BCUT2D eigenvalue weighted by molar-refractivity contribution is 5.85. The molecule has 0 radical (unpaired) electrons. The summed E-state index contributed by atoms with van der Waals surface area (Å²) in [4.78, 5) is 0. The van der Waals surface area contributed by atoms with Crippen LogP contribution in [-0.4, -0.2) is 10.2 Å². The number of rotatable bonds is 2. The summed E-state index contributed by atoms with van der Waals surface area (Å²) in [5, 5.41) is 8.03. The van der Waals surface area contributed by atoms with E-state index in [1.807, 2.05) is 13.0 Å². The van der Waals surface area contributed by atoms with E-state index in [1.165, 1.54) is 12.1 Å². The summed E-state index contributed by atoms with van der Waals surface area (Å²) in [5.74, 6) is -0.278. The molecular weight excluding hydrogens is 241 g/mol. The third kappa shape index (κ3) is 2.99. The fourth-order valence-corrected chi connectivity index (χ4v) is 1.50. The molecule has 2 N–H and O–H groups in total. The predicted octanol–water partition coefficient (Wildman–Crippen LogP) is 2.47. The van der Waals surface area contributed by atoms with Gasteiger partial charge in [0.1, 0.15) is 5.82 Å². The van der Waals surface area contributed by atoms with Crippen LogP contribution in [0.2, 0.25) is 0 Å². The fourth-order valence-electron chi connectivity index (χ4n) is 1.50. The second kappa shape index (κ2) is 5.70. The van der Waals surface area contributed by atoms with Crippen molar-refractivity contribution in [3.8, 4) is 11.3 Å². The van der Waals surface area contributed by atoms with Gasteiger partial charge in [-0.15, -0.1) is 12.4 Å². The molecule has 3 nitrogen and oxygen atoms in total. The SMILES string of the molecule is Cc1cc(-c2cccc(F)c2)nnc1CN.Cl. The van der Waals surface area contributed by atoms with Gasteiger partial charge in [0.25, 0.3) is 0 Å². The first-order valence-corrected chi connectivity index (χ1v) is 5.00. The molecule has 0 atom stereocenters. The van der Waals surface area contributed by atoms with Crippen molar-refractivity contribution in [1.29, 1.82) is 0 Å². The van der Waals surface area contributed by atoms with E-state index < -0.39 is 0 Å². The van der Waals surface area contributed by atoms with Gasteiger partial charge < -0.3 is 5.73 Å². The Labute approximate surface area is 105 Å². The van der Waals surface area contributed by atoms with Crippen molar-refractivity contribution in [2.45, 2.75) is 13.5 Å². The Bertz CT molecular complexity index is 517. The summed E-state index contributed by atoms with van der Waals surface area (Å²) in [5.41, 5.74) is 8.62. The van der Waals surface area contributed by atoms with Crippen LogP contribution in [0.4, 0.5) is 4.39 Å². The standard InChI is InChI=1S/C12H12FN3.ClH/c1-8-5-11(15-16-12(8)7-14)9-3-2-4-10(13)6-9;/h2-6H,7,14H2,1H3;1H. The summed E-state index contributed by atoms with van der Waals surface area (Å²) < 4.78 is 13.0. The van der Waals surface area contributed by atoms with E-state index in [0.29, 0.717) is 12.2 Å². The summed E-state index contributed by atoms with van der Waals surface area (Å²) in [6.45, 7) is 2.28. The molecule has 0 fully saturated rings. The molecule has 0 unspecified atom stereocenters. The van der Waals surface area contributed by atoms with Crippen LogP contribution in [-0.2, 0) is 6.54 Å². The van der Waals surface area contributed by atoms with Gasteiger partial charge in [-0.05, 0) is 30.7 Å². The summed E-state index contributed by atoms with van der Waals surface area (Å²) in [6, 6.07) is 8.15. The van der Waals surface area contributed by atoms with Crippen molar-refractivity contribution < 1.29 is 4.39 Å². The lowest BCUT2D eigenvalue weighted by molar-refractivity contribution is 0.628. The minimum absolute atomic E-state index is 0. The van der Waals surface area contributed by atoms with Gasteiger partial charge in [0.2, 0.25) is 0 Å². The predicted molar refractivity (Wildman–Crippen MR) is 67.3 cm³/mol. The molecular formula is C12H13ClFN3. The topological polar surface area (TPSA) is 51.8 Å². The lowest BCUT2D eigenvalue weighted by Gasteiger charge is -2.04. The van der Waals surface area contributed by atoms with Gasteiger partial charge in [0.05, 0.1) is 11.4 Å². The maximum atomic E-state index is 13.0. The summed E-state index contributed by atoms with van der Waals surface area (Å²) >= 11 is 0. The molecule has 2 rings (SSSR count). The summed E-state index contributed by atoms with van der Waals surface area (Å²) in [6.07, 6.45) is 0. The minimum atomic E-state index is -0.278. The van der Waals surface area contributed by atoms with E-state index in [9.17, 15) is 4.39 Å². The quantitative estimate of drug-likeness (QED) is 0.895. The maximum Gasteiger partial charge on any atom is 0.123 e. The molecule has 1 aromatic heterocycles. The van der Waals surface area contributed by atoms with Crippen molar-refractivity contribution in [1.82, 2.24) is 10.2 Å². The zero-order valence-electron chi connectivity index (χ0n) is 9.35. The van der Waals surface area contributed by atoms with Crippen LogP contribution in [0.15, 0.2) is 30.3 Å². The van der Waals surface area contributed by atoms with Gasteiger partial charge >= 0.3 is 0 Å². The number of benzene rings is 1. The molecule has 0 amide bonds. The number of aryl methyl sites for hydroxylation is 1. The van der Waals surface area contributed by atoms with Crippen LogP contribution in [0.25, 0.3) is 11.3 Å².